The average molecular weight is 950 g/mol. The van der Waals surface area contributed by atoms with Crippen molar-refractivity contribution in [3.63, 3.8) is 0 Å². The summed E-state index contributed by atoms with van der Waals surface area (Å²) >= 11 is 5.92. The van der Waals surface area contributed by atoms with Gasteiger partial charge in [-0.05, 0) is 143 Å². The van der Waals surface area contributed by atoms with Crippen LogP contribution in [0.1, 0.15) is 98.4 Å². The second-order valence-corrected chi connectivity index (χ2v) is 18.1. The lowest BCUT2D eigenvalue weighted by Crippen LogP contribution is -2.31. The maximum Gasteiger partial charge on any atom is 0.284 e. The van der Waals surface area contributed by atoms with Crippen molar-refractivity contribution in [3.8, 4) is 28.7 Å². The first-order chi connectivity index (χ1) is 33.2. The number of hydrogen-bond acceptors (Lipinski definition) is 10. The van der Waals surface area contributed by atoms with Gasteiger partial charge < -0.3 is 34.3 Å². The number of hydrogen-bond donors (Lipinski definition) is 2. The normalized spacial score (nSPS) is 15.9. The maximum absolute atomic E-state index is 14.2. The fourth-order valence-electron chi connectivity index (χ4n) is 8.53. The van der Waals surface area contributed by atoms with Crippen LogP contribution in [0.25, 0.3) is 11.5 Å². The van der Waals surface area contributed by atoms with Crippen molar-refractivity contribution in [2.24, 2.45) is 11.8 Å². The number of unbranched alkanes of at least 4 members (excludes halogenated alkanes) is 3. The van der Waals surface area contributed by atoms with Gasteiger partial charge in [-0.15, -0.1) is 11.6 Å². The van der Waals surface area contributed by atoms with Crippen molar-refractivity contribution < 1.29 is 32.3 Å². The highest BCUT2D eigenvalue weighted by Crippen LogP contribution is 2.36. The van der Waals surface area contributed by atoms with Crippen LogP contribution >= 0.6 is 11.6 Å². The van der Waals surface area contributed by atoms with Crippen LogP contribution in [0.5, 0.6) is 17.2 Å². The van der Waals surface area contributed by atoms with E-state index in [2.05, 4.69) is 37.6 Å². The van der Waals surface area contributed by atoms with E-state index >= 15 is 0 Å². The van der Waals surface area contributed by atoms with E-state index in [1.165, 1.54) is 25.3 Å². The van der Waals surface area contributed by atoms with Gasteiger partial charge in [0.1, 0.15) is 35.2 Å². The molecule has 0 aliphatic heterocycles. The summed E-state index contributed by atoms with van der Waals surface area (Å²) in [5.41, 5.74) is 1.91. The number of halogens is 3. The molecule has 0 radical (unpaired) electrons. The number of amides is 2. The Morgan fingerprint density at radius 1 is 0.882 bits per heavy atom. The molecule has 0 bridgehead atoms. The lowest BCUT2D eigenvalue weighted by atomic mass is 9.86. The molecule has 2 saturated carbocycles. The third-order valence-electron chi connectivity index (χ3n) is 12.5. The van der Waals surface area contributed by atoms with Crippen molar-refractivity contribution in [2.45, 2.75) is 83.2 Å². The molecule has 8 rings (SSSR count). The molecular weight excluding hydrogens is 890 g/mol. The van der Waals surface area contributed by atoms with Crippen LogP contribution in [0.2, 0.25) is 0 Å². The van der Waals surface area contributed by atoms with Crippen molar-refractivity contribution in [3.05, 3.63) is 127 Å². The summed E-state index contributed by atoms with van der Waals surface area (Å²) in [7, 11) is 2.17. The molecule has 2 amide bonds. The zero-order valence-electron chi connectivity index (χ0n) is 38.4. The minimum atomic E-state index is -2.85. The lowest BCUT2D eigenvalue weighted by Gasteiger charge is -2.31. The van der Waals surface area contributed by atoms with Gasteiger partial charge in [-0.3, -0.25) is 14.3 Å². The molecule has 358 valence electrons. The summed E-state index contributed by atoms with van der Waals surface area (Å²) in [5, 5.41) is 10.2. The maximum atomic E-state index is 14.2. The fourth-order valence-corrected chi connectivity index (χ4v) is 8.67. The molecule has 2 aliphatic rings. The first-order valence-corrected chi connectivity index (χ1v) is 24.1. The van der Waals surface area contributed by atoms with Gasteiger partial charge in [0.05, 0.1) is 24.9 Å². The number of aromatic nitrogens is 4. The van der Waals surface area contributed by atoms with Gasteiger partial charge in [-0.25, -0.2) is 18.7 Å². The quantitative estimate of drug-likeness (QED) is 0.0445. The van der Waals surface area contributed by atoms with Crippen LogP contribution in [0.4, 0.5) is 26.0 Å². The number of nitrogens with zero attached hydrogens (tertiary/aromatic N) is 6. The Hall–Kier alpha value is -6.32. The summed E-state index contributed by atoms with van der Waals surface area (Å²) < 4.78 is 47.6. The second-order valence-electron chi connectivity index (χ2n) is 17.8. The number of benzene rings is 3. The van der Waals surface area contributed by atoms with Crippen molar-refractivity contribution >= 4 is 40.6 Å². The molecule has 3 aromatic heterocycles. The average Bonchev–Trinajstić information content (AvgIpc) is 3.88. The van der Waals surface area contributed by atoms with Gasteiger partial charge in [0.15, 0.2) is 11.4 Å². The molecule has 3 aromatic carbocycles. The van der Waals surface area contributed by atoms with E-state index in [1.807, 2.05) is 84.9 Å². The molecule has 2 aliphatic carbocycles. The van der Waals surface area contributed by atoms with Gasteiger partial charge in [0.2, 0.25) is 11.8 Å². The molecule has 0 spiro atoms. The number of nitrogens with one attached hydrogen (secondary N) is 2. The molecule has 6 aromatic rings. The Morgan fingerprint density at radius 2 is 1.59 bits per heavy atom. The number of carbonyl (C=O) groups excluding carboxylic acids is 2. The summed E-state index contributed by atoms with van der Waals surface area (Å²) in [5.74, 6) is 3.33. The number of oxazole rings is 1. The van der Waals surface area contributed by atoms with Crippen LogP contribution in [-0.4, -0.2) is 75.6 Å². The van der Waals surface area contributed by atoms with Crippen LogP contribution in [0.3, 0.4) is 0 Å². The first-order valence-electron chi connectivity index (χ1n) is 23.6. The number of anilines is 3. The van der Waals surface area contributed by atoms with E-state index in [0.29, 0.717) is 47.9 Å². The molecular formula is C52H59ClF2N8O5. The number of ether oxygens (including phenoxy) is 2. The Labute approximate surface area is 401 Å². The van der Waals surface area contributed by atoms with Crippen LogP contribution in [-0.2, 0) is 11.3 Å². The third-order valence-corrected chi connectivity index (χ3v) is 12.7. The number of carbonyl (C=O) groups is 2. The van der Waals surface area contributed by atoms with E-state index in [0.717, 1.165) is 88.0 Å². The summed E-state index contributed by atoms with van der Waals surface area (Å²) in [6.45, 7) is 3.92. The first kappa shape index (κ1) is 48.1. The molecule has 68 heavy (non-hydrogen) atoms. The van der Waals surface area contributed by atoms with Crippen molar-refractivity contribution in [1.29, 1.82) is 0 Å². The largest absolute Gasteiger partial charge is 0.494 e. The van der Waals surface area contributed by atoms with E-state index in [1.54, 1.807) is 21.8 Å². The predicted octanol–water partition coefficient (Wildman–Crippen LogP) is 11.8. The van der Waals surface area contributed by atoms with Gasteiger partial charge in [0.25, 0.3) is 12.3 Å². The molecule has 16 heteroatoms. The highest BCUT2D eigenvalue weighted by Gasteiger charge is 2.28. The van der Waals surface area contributed by atoms with Gasteiger partial charge in [-0.2, -0.15) is 5.10 Å². The second kappa shape index (κ2) is 23.6. The molecule has 2 N–H and O–H groups in total. The predicted molar refractivity (Wildman–Crippen MR) is 260 cm³/mol. The van der Waals surface area contributed by atoms with E-state index in [4.69, 9.17) is 25.5 Å². The molecule has 0 saturated heterocycles. The van der Waals surface area contributed by atoms with E-state index in [9.17, 15) is 18.4 Å². The molecule has 2 fully saturated rings. The van der Waals surface area contributed by atoms with Crippen molar-refractivity contribution in [1.82, 2.24) is 24.6 Å². The van der Waals surface area contributed by atoms with Gasteiger partial charge in [0, 0.05) is 36.7 Å². The Balaban J connectivity index is 0.700. The highest BCUT2D eigenvalue weighted by molar-refractivity contribution is 6.29. The Kier molecular flexibility index (Phi) is 16.7. The zero-order chi connectivity index (χ0) is 47.2. The number of alkyl halides is 3. The monoisotopic (exact) mass is 948 g/mol. The van der Waals surface area contributed by atoms with Gasteiger partial charge in [-0.1, -0.05) is 43.2 Å². The fraction of sp³-hybridized carbons (Fsp3) is 0.404. The summed E-state index contributed by atoms with van der Waals surface area (Å²) in [4.78, 5) is 38.5. The van der Waals surface area contributed by atoms with Crippen LogP contribution < -0.4 is 25.0 Å². The van der Waals surface area contributed by atoms with Crippen LogP contribution in [0.15, 0.2) is 114 Å². The lowest BCUT2D eigenvalue weighted by molar-refractivity contribution is -0.116. The van der Waals surface area contributed by atoms with E-state index < -0.39 is 18.0 Å². The number of pyridine rings is 1. The third kappa shape index (κ3) is 13.7. The topological polar surface area (TPSA) is 140 Å². The van der Waals surface area contributed by atoms with Crippen molar-refractivity contribution in [2.75, 3.05) is 54.7 Å². The SMILES string of the molecule is CN(CCCCCCOc1ccc(Oc2ccc(N(Cc3ccccc3)C(=O)CCl)cc2)cc1)CC1CCC(n2cc(NC(=O)c3coc(-c4ccnc(NCC5CC5)c4)n3)c(C(F)F)n2)CC1. The zero-order valence-corrected chi connectivity index (χ0v) is 39.1. The minimum Gasteiger partial charge on any atom is -0.494 e. The molecule has 3 heterocycles. The summed E-state index contributed by atoms with van der Waals surface area (Å²) in [6, 6.07) is 28.3. The Morgan fingerprint density at radius 3 is 2.31 bits per heavy atom. The highest BCUT2D eigenvalue weighted by atomic mass is 35.5. The molecule has 13 nitrogen and oxygen atoms in total. The summed E-state index contributed by atoms with van der Waals surface area (Å²) in [6.07, 6.45) is 11.8. The minimum absolute atomic E-state index is 0.0196. The Bertz CT molecular complexity index is 2530. The smallest absolute Gasteiger partial charge is 0.284 e. The standard InChI is InChI=1S/C52H59ClF2N8O5/c1-61(27-7-2-3-8-28-66-42-21-23-44(24-22-42)68-43-19-17-40(18-20-43)62(48(64)30-53)33-37-9-5-4-6-10-37)32-38-13-15-41(16-14-38)63-34-45(49(60-63)50(54)55)58-51(65)46-35-67-52(59-46)39-25-26-56-47(29-39)57-31-36-11-12-36/h4-6,9-10,17-26,29,34-36,38,41,50H,2-3,7-8,11-16,27-28,30-33H2,1H3,(H,56,57)(H,58,65). The molecule has 0 unspecified atom stereocenters. The number of rotatable bonds is 24. The van der Waals surface area contributed by atoms with Gasteiger partial charge >= 0.3 is 0 Å². The van der Waals surface area contributed by atoms with E-state index in [-0.39, 0.29) is 35.1 Å². The molecule has 0 atom stereocenters. The van der Waals surface area contributed by atoms with Crippen LogP contribution in [0, 0.1) is 11.8 Å².